The second-order valence-electron chi connectivity index (χ2n) is 2.42. The lowest BCUT2D eigenvalue weighted by atomic mass is 10.1. The Balaban J connectivity index is 2.83. The van der Waals surface area contributed by atoms with E-state index in [9.17, 15) is 9.18 Å². The molecule has 70 valence electrons. The molecule has 0 heterocycles. The number of carbonyl (C=O) groups excluding carboxylic acids is 1. The molecule has 0 aliphatic heterocycles. The number of ketones is 1. The highest BCUT2D eigenvalue weighted by Crippen LogP contribution is 2.13. The van der Waals surface area contributed by atoms with Gasteiger partial charge >= 0.3 is 0 Å². The Morgan fingerprint density at radius 3 is 2.46 bits per heavy atom. The van der Waals surface area contributed by atoms with Crippen LogP contribution in [0.2, 0.25) is 0 Å². The summed E-state index contributed by atoms with van der Waals surface area (Å²) in [6.07, 6.45) is -1.87. The number of rotatable bonds is 3. The highest BCUT2D eigenvalue weighted by Gasteiger charge is 2.17. The zero-order valence-electron chi connectivity index (χ0n) is 6.96. The standard InChI is InChI=1S/C9H8BrFO2/c1-13-9(11)8(12)6-2-4-7(10)5-3-6/h2-5,9H,1H3/t9-/m0/s1/i11-1. The van der Waals surface area contributed by atoms with E-state index in [1.165, 1.54) is 12.1 Å². The molecule has 0 aliphatic rings. The van der Waals surface area contributed by atoms with Crippen molar-refractivity contribution in [1.29, 1.82) is 0 Å². The molecule has 1 aromatic rings. The summed E-state index contributed by atoms with van der Waals surface area (Å²) in [6, 6.07) is 6.43. The van der Waals surface area contributed by atoms with Gasteiger partial charge in [-0.2, -0.15) is 0 Å². The molecule has 0 aliphatic carbocycles. The summed E-state index contributed by atoms with van der Waals surface area (Å²) in [7, 11) is 1.15. The highest BCUT2D eigenvalue weighted by atomic mass is 79.9. The maximum atomic E-state index is 12.7. The van der Waals surface area contributed by atoms with Gasteiger partial charge in [-0.1, -0.05) is 28.1 Å². The van der Waals surface area contributed by atoms with Crippen molar-refractivity contribution < 1.29 is 13.9 Å². The van der Waals surface area contributed by atoms with Crippen molar-refractivity contribution in [2.24, 2.45) is 0 Å². The Bertz CT molecular complexity index is 297. The second-order valence-corrected chi connectivity index (χ2v) is 3.34. The zero-order chi connectivity index (χ0) is 9.84. The number of methoxy groups -OCH3 is 1. The van der Waals surface area contributed by atoms with Gasteiger partial charge in [0.05, 0.1) is 0 Å². The molecule has 0 saturated carbocycles. The van der Waals surface area contributed by atoms with Gasteiger partial charge in [0.15, 0.2) is 0 Å². The highest BCUT2D eigenvalue weighted by molar-refractivity contribution is 9.10. The van der Waals surface area contributed by atoms with Crippen LogP contribution in [0.25, 0.3) is 0 Å². The zero-order valence-corrected chi connectivity index (χ0v) is 8.55. The Kier molecular flexibility index (Phi) is 3.57. The molecule has 0 radical (unpaired) electrons. The smallest absolute Gasteiger partial charge is 0.262 e. The molecule has 4 heteroatoms. The van der Waals surface area contributed by atoms with E-state index in [1.807, 2.05) is 0 Å². The van der Waals surface area contributed by atoms with Crippen molar-refractivity contribution in [3.63, 3.8) is 0 Å². The first-order chi connectivity index (χ1) is 6.15. The van der Waals surface area contributed by atoms with Crippen LogP contribution in [0, 0.1) is 0 Å². The fourth-order valence-electron chi connectivity index (χ4n) is 0.852. The minimum absolute atomic E-state index is 0.303. The maximum absolute atomic E-state index is 12.7. The average Bonchev–Trinajstić information content (AvgIpc) is 2.17. The first-order valence-electron chi connectivity index (χ1n) is 3.62. The third-order valence-electron chi connectivity index (χ3n) is 1.54. The molecule has 1 aromatic carbocycles. The van der Waals surface area contributed by atoms with Crippen LogP contribution in [0.3, 0.4) is 0 Å². The number of ether oxygens (including phenoxy) is 1. The predicted octanol–water partition coefficient (Wildman–Crippen LogP) is 2.57. The van der Waals surface area contributed by atoms with Crippen LogP contribution >= 0.6 is 15.9 Å². The molecule has 0 bridgehead atoms. The topological polar surface area (TPSA) is 26.3 Å². The molecule has 0 amide bonds. The molecule has 0 N–H and O–H groups in total. The van der Waals surface area contributed by atoms with E-state index in [4.69, 9.17) is 0 Å². The van der Waals surface area contributed by atoms with Gasteiger partial charge in [0.25, 0.3) is 6.36 Å². The van der Waals surface area contributed by atoms with Crippen LogP contribution in [0.5, 0.6) is 0 Å². The van der Waals surface area contributed by atoms with Crippen molar-refractivity contribution in [2.45, 2.75) is 6.36 Å². The van der Waals surface area contributed by atoms with Crippen molar-refractivity contribution >= 4 is 21.7 Å². The summed E-state index contributed by atoms with van der Waals surface area (Å²) in [5.41, 5.74) is 0.303. The Morgan fingerprint density at radius 1 is 1.46 bits per heavy atom. The van der Waals surface area contributed by atoms with E-state index >= 15 is 0 Å². The van der Waals surface area contributed by atoms with Gasteiger partial charge in [-0.15, -0.1) is 0 Å². The number of carbonyl (C=O) groups is 1. The summed E-state index contributed by atoms with van der Waals surface area (Å²) in [6.45, 7) is 0. The van der Waals surface area contributed by atoms with Crippen molar-refractivity contribution in [3.8, 4) is 0 Å². The molecule has 0 fully saturated rings. The minimum Gasteiger partial charge on any atom is -0.345 e. The summed E-state index contributed by atoms with van der Waals surface area (Å²) >= 11 is 3.21. The van der Waals surface area contributed by atoms with Crippen LogP contribution in [0.4, 0.5) is 4.39 Å². The molecular formula is C9H8BrFO2. The molecule has 1 atom stereocenters. The molecule has 0 spiro atoms. The summed E-state index contributed by atoms with van der Waals surface area (Å²) < 4.78 is 17.8. The molecule has 13 heavy (non-hydrogen) atoms. The first-order valence-corrected chi connectivity index (χ1v) is 4.41. The van der Waals surface area contributed by atoms with Crippen LogP contribution in [-0.2, 0) is 4.74 Å². The van der Waals surface area contributed by atoms with Crippen molar-refractivity contribution in [2.75, 3.05) is 7.11 Å². The van der Waals surface area contributed by atoms with Gasteiger partial charge in [0, 0.05) is 17.1 Å². The average molecular weight is 246 g/mol. The normalized spacial score (nSPS) is 12.5. The Morgan fingerprint density at radius 2 is 2.00 bits per heavy atom. The van der Waals surface area contributed by atoms with Gasteiger partial charge in [-0.05, 0) is 12.1 Å². The lowest BCUT2D eigenvalue weighted by molar-refractivity contribution is 0.00543. The number of benzene rings is 1. The van der Waals surface area contributed by atoms with E-state index in [-0.39, 0.29) is 0 Å². The monoisotopic (exact) mass is 245 g/mol. The lowest BCUT2D eigenvalue weighted by Gasteiger charge is -2.04. The number of alkyl halides is 1. The largest absolute Gasteiger partial charge is 0.345 e. The van der Waals surface area contributed by atoms with Gasteiger partial charge in [-0.3, -0.25) is 4.79 Å². The third kappa shape index (κ3) is 2.60. The molecule has 0 unspecified atom stereocenters. The molecule has 1 rings (SSSR count). The van der Waals surface area contributed by atoms with Gasteiger partial charge in [0.2, 0.25) is 5.78 Å². The minimum atomic E-state index is -1.87. The van der Waals surface area contributed by atoms with E-state index < -0.39 is 12.1 Å². The Hall–Kier alpha value is -0.740. The number of Topliss-reactive ketones (excluding diaryl/α,β-unsaturated/α-hetero) is 1. The summed E-state index contributed by atoms with van der Waals surface area (Å²) in [4.78, 5) is 11.2. The molecule has 0 saturated heterocycles. The van der Waals surface area contributed by atoms with Gasteiger partial charge in [0.1, 0.15) is 0 Å². The quantitative estimate of drug-likeness (QED) is 0.766. The molecule has 2 nitrogen and oxygen atoms in total. The van der Waals surface area contributed by atoms with E-state index in [0.717, 1.165) is 11.6 Å². The molecule has 0 aromatic heterocycles. The SMILES string of the molecule is CO[C@H]([18F])C(=O)c1ccc(Br)cc1. The van der Waals surface area contributed by atoms with E-state index in [0.29, 0.717) is 5.56 Å². The first kappa shape index (κ1) is 10.3. The lowest BCUT2D eigenvalue weighted by Crippen LogP contribution is -2.17. The van der Waals surface area contributed by atoms with Gasteiger partial charge in [-0.25, -0.2) is 4.39 Å². The van der Waals surface area contributed by atoms with Crippen LogP contribution in [0.1, 0.15) is 10.4 Å². The third-order valence-corrected chi connectivity index (χ3v) is 2.07. The van der Waals surface area contributed by atoms with Crippen molar-refractivity contribution in [3.05, 3.63) is 34.3 Å². The summed E-state index contributed by atoms with van der Waals surface area (Å²) in [5.74, 6) is -0.657. The Labute approximate surface area is 83.8 Å². The fourth-order valence-corrected chi connectivity index (χ4v) is 1.12. The number of hydrogen-bond donors (Lipinski definition) is 0. The van der Waals surface area contributed by atoms with Crippen LogP contribution < -0.4 is 0 Å². The fraction of sp³-hybridized carbons (Fsp3) is 0.222. The predicted molar refractivity (Wildman–Crippen MR) is 50.4 cm³/mol. The van der Waals surface area contributed by atoms with E-state index in [1.54, 1.807) is 12.1 Å². The van der Waals surface area contributed by atoms with Crippen LogP contribution in [-0.4, -0.2) is 19.3 Å². The molecular weight excluding hydrogens is 238 g/mol. The van der Waals surface area contributed by atoms with Gasteiger partial charge < -0.3 is 4.74 Å². The van der Waals surface area contributed by atoms with Crippen LogP contribution in [0.15, 0.2) is 28.7 Å². The van der Waals surface area contributed by atoms with Crippen molar-refractivity contribution in [1.82, 2.24) is 0 Å². The second kappa shape index (κ2) is 4.48. The summed E-state index contributed by atoms with van der Waals surface area (Å²) in [5, 5.41) is 0. The number of halogens is 2. The van der Waals surface area contributed by atoms with E-state index in [2.05, 4.69) is 20.7 Å². The maximum Gasteiger partial charge on any atom is 0.262 e. The number of hydrogen-bond acceptors (Lipinski definition) is 2.